The van der Waals surface area contributed by atoms with Gasteiger partial charge in [0.05, 0.1) is 25.9 Å². The molecule has 8 heteroatoms. The Bertz CT molecular complexity index is 769. The number of ether oxygens (including phenoxy) is 2. The standard InChI is InChI=1S/C22H31N5O2.HI/c1-23-22(25-11-14-29-20-9-6-10-24-16-20)26-17-21(27-12-3-4-13-27)18-7-5-8-19(15-18)28-2;/h5-10,15-16,21H,3-4,11-14,17H2,1-2H3,(H2,23,25,26);1H. The molecule has 1 aromatic carbocycles. The Kier molecular flexibility index (Phi) is 10.7. The van der Waals surface area contributed by atoms with Crippen LogP contribution in [-0.4, -0.2) is 62.8 Å². The van der Waals surface area contributed by atoms with E-state index in [1.54, 1.807) is 26.6 Å². The zero-order valence-corrected chi connectivity index (χ0v) is 20.0. The van der Waals surface area contributed by atoms with E-state index in [0.717, 1.165) is 37.1 Å². The normalized spacial score (nSPS) is 15.2. The molecule has 3 rings (SSSR count). The second kappa shape index (κ2) is 13.3. The van der Waals surface area contributed by atoms with Gasteiger partial charge in [0.2, 0.25) is 0 Å². The van der Waals surface area contributed by atoms with E-state index < -0.39 is 0 Å². The second-order valence-corrected chi connectivity index (χ2v) is 6.95. The van der Waals surface area contributed by atoms with Gasteiger partial charge in [0.1, 0.15) is 18.1 Å². The Morgan fingerprint density at radius 3 is 2.67 bits per heavy atom. The topological polar surface area (TPSA) is 71.0 Å². The van der Waals surface area contributed by atoms with Crippen LogP contribution in [0.4, 0.5) is 0 Å². The Hall–Kier alpha value is -2.07. The average Bonchev–Trinajstić information content (AvgIpc) is 3.31. The highest BCUT2D eigenvalue weighted by atomic mass is 127. The Morgan fingerprint density at radius 1 is 1.17 bits per heavy atom. The van der Waals surface area contributed by atoms with Crippen LogP contribution in [-0.2, 0) is 0 Å². The highest BCUT2D eigenvalue weighted by molar-refractivity contribution is 14.0. The van der Waals surface area contributed by atoms with Crippen LogP contribution in [0.25, 0.3) is 0 Å². The van der Waals surface area contributed by atoms with Gasteiger partial charge in [-0.3, -0.25) is 14.9 Å². The van der Waals surface area contributed by atoms with Gasteiger partial charge in [-0.05, 0) is 55.8 Å². The van der Waals surface area contributed by atoms with Gasteiger partial charge in [-0.2, -0.15) is 0 Å². The second-order valence-electron chi connectivity index (χ2n) is 6.95. The van der Waals surface area contributed by atoms with E-state index in [9.17, 15) is 0 Å². The summed E-state index contributed by atoms with van der Waals surface area (Å²) in [5, 5.41) is 6.78. The van der Waals surface area contributed by atoms with Crippen molar-refractivity contribution in [3.8, 4) is 11.5 Å². The van der Waals surface area contributed by atoms with E-state index in [1.165, 1.54) is 18.4 Å². The number of hydrogen-bond donors (Lipinski definition) is 2. The molecular weight excluding hydrogens is 493 g/mol. The van der Waals surface area contributed by atoms with Crippen molar-refractivity contribution in [1.29, 1.82) is 0 Å². The van der Waals surface area contributed by atoms with Crippen molar-refractivity contribution in [1.82, 2.24) is 20.5 Å². The van der Waals surface area contributed by atoms with Gasteiger partial charge >= 0.3 is 0 Å². The number of rotatable bonds is 9. The fourth-order valence-corrected chi connectivity index (χ4v) is 3.54. The monoisotopic (exact) mass is 525 g/mol. The minimum Gasteiger partial charge on any atom is -0.497 e. The molecule has 1 aromatic heterocycles. The number of methoxy groups -OCH3 is 1. The Labute approximate surface area is 196 Å². The smallest absolute Gasteiger partial charge is 0.191 e. The van der Waals surface area contributed by atoms with Gasteiger partial charge in [-0.25, -0.2) is 0 Å². The van der Waals surface area contributed by atoms with E-state index in [1.807, 2.05) is 18.2 Å². The van der Waals surface area contributed by atoms with Crippen LogP contribution in [0.2, 0.25) is 0 Å². The van der Waals surface area contributed by atoms with Crippen molar-refractivity contribution < 1.29 is 9.47 Å². The zero-order chi connectivity index (χ0) is 20.3. The number of guanidine groups is 1. The number of hydrogen-bond acceptors (Lipinski definition) is 5. The SMILES string of the molecule is CN=C(NCCOc1cccnc1)NCC(c1cccc(OC)c1)N1CCCC1.I. The van der Waals surface area contributed by atoms with Crippen LogP contribution < -0.4 is 20.1 Å². The first kappa shape index (κ1) is 24.2. The fraction of sp³-hybridized carbons (Fsp3) is 0.455. The molecule has 7 nitrogen and oxygen atoms in total. The third-order valence-corrected chi connectivity index (χ3v) is 5.04. The van der Waals surface area contributed by atoms with Crippen LogP contribution in [0.5, 0.6) is 11.5 Å². The number of nitrogens with zero attached hydrogens (tertiary/aromatic N) is 3. The predicted molar refractivity (Wildman–Crippen MR) is 131 cm³/mol. The molecule has 0 amide bonds. The Morgan fingerprint density at radius 2 is 1.97 bits per heavy atom. The molecule has 1 fully saturated rings. The number of halogens is 1. The average molecular weight is 525 g/mol. The first-order valence-electron chi connectivity index (χ1n) is 10.2. The van der Waals surface area contributed by atoms with Gasteiger partial charge in [-0.15, -0.1) is 24.0 Å². The third kappa shape index (κ3) is 7.32. The summed E-state index contributed by atoms with van der Waals surface area (Å²) in [7, 11) is 3.50. The molecule has 1 aliphatic heterocycles. The molecule has 0 spiro atoms. The molecule has 164 valence electrons. The summed E-state index contributed by atoms with van der Waals surface area (Å²) in [5.41, 5.74) is 1.26. The van der Waals surface area contributed by atoms with Crippen LogP contribution in [0.15, 0.2) is 53.8 Å². The van der Waals surface area contributed by atoms with Crippen LogP contribution in [0.3, 0.4) is 0 Å². The lowest BCUT2D eigenvalue weighted by Crippen LogP contribution is -2.43. The molecule has 2 N–H and O–H groups in total. The lowest BCUT2D eigenvalue weighted by Gasteiger charge is -2.29. The third-order valence-electron chi connectivity index (χ3n) is 5.04. The van der Waals surface area contributed by atoms with E-state index >= 15 is 0 Å². The lowest BCUT2D eigenvalue weighted by molar-refractivity contribution is 0.244. The number of aliphatic imine (C=N–C) groups is 1. The predicted octanol–water partition coefficient (Wildman–Crippen LogP) is 3.09. The largest absolute Gasteiger partial charge is 0.497 e. The maximum absolute atomic E-state index is 5.67. The van der Waals surface area contributed by atoms with E-state index in [2.05, 4.69) is 43.7 Å². The molecule has 1 aliphatic rings. The van der Waals surface area contributed by atoms with E-state index in [-0.39, 0.29) is 30.0 Å². The summed E-state index contributed by atoms with van der Waals surface area (Å²) in [5.74, 6) is 2.43. The molecule has 1 atom stereocenters. The summed E-state index contributed by atoms with van der Waals surface area (Å²) in [6.07, 6.45) is 5.94. The molecule has 30 heavy (non-hydrogen) atoms. The van der Waals surface area contributed by atoms with Gasteiger partial charge < -0.3 is 20.1 Å². The summed E-state index contributed by atoms with van der Waals surface area (Å²) in [4.78, 5) is 10.9. The highest BCUT2D eigenvalue weighted by Gasteiger charge is 2.24. The van der Waals surface area contributed by atoms with Crippen LogP contribution >= 0.6 is 24.0 Å². The minimum atomic E-state index is 0. The number of aromatic nitrogens is 1. The van der Waals surface area contributed by atoms with Crippen molar-refractivity contribution in [2.24, 2.45) is 4.99 Å². The van der Waals surface area contributed by atoms with Gasteiger partial charge in [-0.1, -0.05) is 12.1 Å². The molecule has 1 saturated heterocycles. The number of likely N-dealkylation sites (tertiary alicyclic amines) is 1. The van der Waals surface area contributed by atoms with Crippen LogP contribution in [0, 0.1) is 0 Å². The van der Waals surface area contributed by atoms with Crippen molar-refractivity contribution in [3.63, 3.8) is 0 Å². The zero-order valence-electron chi connectivity index (χ0n) is 17.7. The van der Waals surface area contributed by atoms with Crippen molar-refractivity contribution in [3.05, 3.63) is 54.4 Å². The fourth-order valence-electron chi connectivity index (χ4n) is 3.54. The van der Waals surface area contributed by atoms with Crippen molar-refractivity contribution >= 4 is 29.9 Å². The maximum Gasteiger partial charge on any atom is 0.191 e. The lowest BCUT2D eigenvalue weighted by atomic mass is 10.1. The summed E-state index contributed by atoms with van der Waals surface area (Å²) >= 11 is 0. The van der Waals surface area contributed by atoms with Gasteiger partial charge in [0.15, 0.2) is 5.96 Å². The molecule has 0 radical (unpaired) electrons. The van der Waals surface area contributed by atoms with Crippen molar-refractivity contribution in [2.75, 3.05) is 46.9 Å². The Balaban J connectivity index is 0.00000320. The molecular formula is C22H32IN5O2. The number of pyridine rings is 1. The maximum atomic E-state index is 5.67. The quantitative estimate of drug-likeness (QED) is 0.227. The molecule has 2 aromatic rings. The van der Waals surface area contributed by atoms with E-state index in [4.69, 9.17) is 9.47 Å². The first-order chi connectivity index (χ1) is 14.3. The molecule has 0 saturated carbocycles. The number of benzene rings is 1. The van der Waals surface area contributed by atoms with Gasteiger partial charge in [0.25, 0.3) is 0 Å². The van der Waals surface area contributed by atoms with Crippen LogP contribution in [0.1, 0.15) is 24.4 Å². The molecule has 0 aliphatic carbocycles. The van der Waals surface area contributed by atoms with Gasteiger partial charge in [0, 0.05) is 19.8 Å². The first-order valence-corrected chi connectivity index (χ1v) is 10.2. The molecule has 2 heterocycles. The number of nitrogens with one attached hydrogen (secondary N) is 2. The highest BCUT2D eigenvalue weighted by Crippen LogP contribution is 2.27. The molecule has 0 bridgehead atoms. The van der Waals surface area contributed by atoms with E-state index in [0.29, 0.717) is 13.2 Å². The summed E-state index contributed by atoms with van der Waals surface area (Å²) in [6.45, 7) is 4.21. The summed E-state index contributed by atoms with van der Waals surface area (Å²) < 4.78 is 11.1. The van der Waals surface area contributed by atoms with Crippen molar-refractivity contribution in [2.45, 2.75) is 18.9 Å². The molecule has 1 unspecified atom stereocenters. The summed E-state index contributed by atoms with van der Waals surface area (Å²) in [6, 6.07) is 12.4. The minimum absolute atomic E-state index is 0.